The van der Waals surface area contributed by atoms with Gasteiger partial charge in [0.2, 0.25) is 5.91 Å². The second-order valence-electron chi connectivity index (χ2n) is 6.10. The summed E-state index contributed by atoms with van der Waals surface area (Å²) in [5.41, 5.74) is 6.18. The Morgan fingerprint density at radius 3 is 3.05 bits per heavy atom. The highest BCUT2D eigenvalue weighted by molar-refractivity contribution is 7.08. The van der Waals surface area contributed by atoms with Crippen molar-refractivity contribution in [3.63, 3.8) is 0 Å². The van der Waals surface area contributed by atoms with E-state index in [0.29, 0.717) is 0 Å². The summed E-state index contributed by atoms with van der Waals surface area (Å²) in [6, 6.07) is 1.90. The first kappa shape index (κ1) is 13.1. The fourth-order valence-corrected chi connectivity index (χ4v) is 4.19. The number of carbonyl (C=O) groups excluding carboxylic acids is 1. The van der Waals surface area contributed by atoms with Crippen molar-refractivity contribution in [3.8, 4) is 0 Å². The van der Waals surface area contributed by atoms with E-state index in [1.165, 1.54) is 0 Å². The molecule has 3 unspecified atom stereocenters. The Morgan fingerprint density at radius 1 is 1.58 bits per heavy atom. The number of carbonyl (C=O) groups is 1. The van der Waals surface area contributed by atoms with E-state index < -0.39 is 5.54 Å². The summed E-state index contributed by atoms with van der Waals surface area (Å²) in [5.74, 6) is 0.0533. The van der Waals surface area contributed by atoms with Crippen LogP contribution in [0.25, 0.3) is 0 Å². The van der Waals surface area contributed by atoms with Crippen molar-refractivity contribution < 1.29 is 9.53 Å². The summed E-state index contributed by atoms with van der Waals surface area (Å²) in [6.45, 7) is 4.85. The molecule has 1 saturated heterocycles. The maximum Gasteiger partial charge on any atom is 0.245 e. The van der Waals surface area contributed by atoms with Gasteiger partial charge < -0.3 is 15.8 Å². The molecule has 1 aromatic heterocycles. The Kier molecular flexibility index (Phi) is 2.96. The molecule has 19 heavy (non-hydrogen) atoms. The van der Waals surface area contributed by atoms with E-state index in [2.05, 4.69) is 5.32 Å². The molecule has 0 bridgehead atoms. The summed E-state index contributed by atoms with van der Waals surface area (Å²) in [7, 11) is 0. The van der Waals surface area contributed by atoms with E-state index in [0.717, 1.165) is 25.1 Å². The van der Waals surface area contributed by atoms with Gasteiger partial charge in [0.05, 0.1) is 11.8 Å². The number of nitrogens with two attached hydrogens (primary N) is 1. The first-order chi connectivity index (χ1) is 8.98. The zero-order chi connectivity index (χ0) is 13.7. The van der Waals surface area contributed by atoms with Crippen molar-refractivity contribution in [1.29, 1.82) is 0 Å². The van der Waals surface area contributed by atoms with E-state index in [1.807, 2.05) is 30.7 Å². The van der Waals surface area contributed by atoms with Gasteiger partial charge in [-0.25, -0.2) is 0 Å². The van der Waals surface area contributed by atoms with E-state index in [9.17, 15) is 4.79 Å². The van der Waals surface area contributed by atoms with Crippen molar-refractivity contribution in [1.82, 2.24) is 0 Å². The van der Waals surface area contributed by atoms with Crippen molar-refractivity contribution in [2.75, 3.05) is 11.9 Å². The molecule has 3 rings (SSSR count). The predicted octanol–water partition coefficient (Wildman–Crippen LogP) is 2.22. The molecule has 1 saturated carbocycles. The summed E-state index contributed by atoms with van der Waals surface area (Å²) in [4.78, 5) is 12.6. The molecule has 4 nitrogen and oxygen atoms in total. The molecule has 2 aliphatic rings. The summed E-state index contributed by atoms with van der Waals surface area (Å²) in [5, 5.41) is 6.80. The van der Waals surface area contributed by atoms with Crippen LogP contribution in [-0.4, -0.2) is 24.2 Å². The number of anilines is 1. The van der Waals surface area contributed by atoms with Gasteiger partial charge in [-0.1, -0.05) is 13.8 Å². The summed E-state index contributed by atoms with van der Waals surface area (Å²) in [6.07, 6.45) is 2.07. The standard InChI is InChI=1S/C14H20N2O2S/c1-13(2)11-10(4-3-6-18-11)14(13,15)12(17)16-9-5-7-19-8-9/h5,7-8,10-11H,3-4,6,15H2,1-2H3,(H,16,17). The lowest BCUT2D eigenvalue weighted by molar-refractivity contribution is -0.222. The van der Waals surface area contributed by atoms with Gasteiger partial charge in [0, 0.05) is 23.3 Å². The van der Waals surface area contributed by atoms with Gasteiger partial charge in [-0.2, -0.15) is 11.3 Å². The number of rotatable bonds is 2. The Morgan fingerprint density at radius 2 is 2.37 bits per heavy atom. The van der Waals surface area contributed by atoms with Crippen LogP contribution in [0, 0.1) is 11.3 Å². The average molecular weight is 280 g/mol. The van der Waals surface area contributed by atoms with Crippen LogP contribution in [0.5, 0.6) is 0 Å². The first-order valence-electron chi connectivity index (χ1n) is 6.72. The van der Waals surface area contributed by atoms with Gasteiger partial charge in [0.25, 0.3) is 0 Å². The van der Waals surface area contributed by atoms with Crippen LogP contribution in [0.15, 0.2) is 16.8 Å². The zero-order valence-electron chi connectivity index (χ0n) is 11.3. The van der Waals surface area contributed by atoms with E-state index in [4.69, 9.17) is 10.5 Å². The highest BCUT2D eigenvalue weighted by atomic mass is 32.1. The predicted molar refractivity (Wildman–Crippen MR) is 76.1 cm³/mol. The van der Waals surface area contributed by atoms with E-state index in [1.54, 1.807) is 11.3 Å². The summed E-state index contributed by atoms with van der Waals surface area (Å²) >= 11 is 1.56. The molecule has 2 fully saturated rings. The van der Waals surface area contributed by atoms with Gasteiger partial charge in [0.15, 0.2) is 0 Å². The number of thiophene rings is 1. The maximum absolute atomic E-state index is 12.6. The number of amides is 1. The molecule has 0 aromatic carbocycles. The number of fused-ring (bicyclic) bond motifs is 1. The number of ether oxygens (including phenoxy) is 1. The molecule has 1 aliphatic carbocycles. The minimum atomic E-state index is -0.833. The highest BCUT2D eigenvalue weighted by Crippen LogP contribution is 2.57. The number of hydrogen-bond acceptors (Lipinski definition) is 4. The molecule has 2 heterocycles. The normalized spacial score (nSPS) is 36.2. The molecular weight excluding hydrogens is 260 g/mol. The van der Waals surface area contributed by atoms with Crippen molar-refractivity contribution in [2.24, 2.45) is 17.1 Å². The van der Waals surface area contributed by atoms with Crippen LogP contribution in [0.1, 0.15) is 26.7 Å². The SMILES string of the molecule is CC1(C)C2OCCCC2C1(N)C(=O)Nc1ccsc1. The van der Waals surface area contributed by atoms with E-state index >= 15 is 0 Å². The maximum atomic E-state index is 12.6. The average Bonchev–Trinajstić information content (AvgIpc) is 2.90. The zero-order valence-corrected chi connectivity index (χ0v) is 12.1. The van der Waals surface area contributed by atoms with Gasteiger partial charge in [0.1, 0.15) is 5.54 Å². The largest absolute Gasteiger partial charge is 0.377 e. The van der Waals surface area contributed by atoms with Crippen LogP contribution in [0.4, 0.5) is 5.69 Å². The van der Waals surface area contributed by atoms with Crippen LogP contribution >= 0.6 is 11.3 Å². The molecular formula is C14H20N2O2S. The molecule has 104 valence electrons. The Hall–Kier alpha value is -0.910. The number of nitrogens with one attached hydrogen (secondary N) is 1. The monoisotopic (exact) mass is 280 g/mol. The third-order valence-corrected chi connectivity index (χ3v) is 5.52. The second kappa shape index (κ2) is 4.30. The minimum absolute atomic E-state index is 0.0809. The van der Waals surface area contributed by atoms with Gasteiger partial charge in [-0.3, -0.25) is 4.79 Å². The summed E-state index contributed by atoms with van der Waals surface area (Å²) < 4.78 is 5.82. The van der Waals surface area contributed by atoms with Crippen LogP contribution in [-0.2, 0) is 9.53 Å². The van der Waals surface area contributed by atoms with Gasteiger partial charge in [-0.15, -0.1) is 0 Å². The second-order valence-corrected chi connectivity index (χ2v) is 6.88. The molecule has 1 aromatic rings. The first-order valence-corrected chi connectivity index (χ1v) is 7.66. The van der Waals surface area contributed by atoms with Crippen LogP contribution in [0.2, 0.25) is 0 Å². The Bertz CT molecular complexity index is 486. The third kappa shape index (κ3) is 1.68. The molecule has 1 aliphatic heterocycles. The van der Waals surface area contributed by atoms with Crippen LogP contribution in [0.3, 0.4) is 0 Å². The molecule has 3 N–H and O–H groups in total. The smallest absolute Gasteiger partial charge is 0.245 e. The van der Waals surface area contributed by atoms with Crippen molar-refractivity contribution in [2.45, 2.75) is 38.3 Å². The molecule has 3 atom stereocenters. The molecule has 0 spiro atoms. The van der Waals surface area contributed by atoms with Gasteiger partial charge >= 0.3 is 0 Å². The van der Waals surface area contributed by atoms with Crippen LogP contribution < -0.4 is 11.1 Å². The molecule has 5 heteroatoms. The van der Waals surface area contributed by atoms with E-state index in [-0.39, 0.29) is 23.3 Å². The highest BCUT2D eigenvalue weighted by Gasteiger charge is 2.70. The fraction of sp³-hybridized carbons (Fsp3) is 0.643. The fourth-order valence-electron chi connectivity index (χ4n) is 3.61. The van der Waals surface area contributed by atoms with Crippen molar-refractivity contribution >= 4 is 22.9 Å². The lowest BCUT2D eigenvalue weighted by Gasteiger charge is -2.65. The molecule has 0 radical (unpaired) electrons. The quantitative estimate of drug-likeness (QED) is 0.873. The molecule has 1 amide bonds. The lowest BCUT2D eigenvalue weighted by atomic mass is 9.46. The number of hydrogen-bond donors (Lipinski definition) is 2. The van der Waals surface area contributed by atoms with Crippen molar-refractivity contribution in [3.05, 3.63) is 16.8 Å². The third-order valence-electron chi connectivity index (χ3n) is 4.84. The van der Waals surface area contributed by atoms with Gasteiger partial charge in [-0.05, 0) is 24.3 Å². The minimum Gasteiger partial charge on any atom is -0.377 e. The lowest BCUT2D eigenvalue weighted by Crippen LogP contribution is -2.81. The topological polar surface area (TPSA) is 64.3 Å². The Labute approximate surface area is 117 Å². The Balaban J connectivity index is 1.83.